The first-order chi connectivity index (χ1) is 8.66. The Morgan fingerprint density at radius 1 is 1.39 bits per heavy atom. The molecule has 2 fully saturated rings. The van der Waals surface area contributed by atoms with Gasteiger partial charge in [0.15, 0.2) is 0 Å². The van der Waals surface area contributed by atoms with Gasteiger partial charge in [-0.2, -0.15) is 0 Å². The van der Waals surface area contributed by atoms with Crippen molar-refractivity contribution in [3.63, 3.8) is 0 Å². The molecule has 0 aliphatic carbocycles. The molecule has 2 rings (SSSR count). The van der Waals surface area contributed by atoms with Crippen molar-refractivity contribution >= 4 is 5.91 Å². The second-order valence-electron chi connectivity index (χ2n) is 5.69. The number of nitrogens with zero attached hydrogens (tertiary/aromatic N) is 2. The molecular weight excluding hydrogens is 228 g/mol. The highest BCUT2D eigenvalue weighted by Gasteiger charge is 2.25. The Balaban J connectivity index is 1.74. The van der Waals surface area contributed by atoms with E-state index in [9.17, 15) is 4.79 Å². The first-order valence-electron chi connectivity index (χ1n) is 7.04. The summed E-state index contributed by atoms with van der Waals surface area (Å²) in [4.78, 5) is 16.7. The molecule has 0 bridgehead atoms. The lowest BCUT2D eigenvalue weighted by Gasteiger charge is -2.38. The summed E-state index contributed by atoms with van der Waals surface area (Å²) in [7, 11) is 4.29. The van der Waals surface area contributed by atoms with E-state index < -0.39 is 0 Å². The molecule has 0 radical (unpaired) electrons. The number of piperazine rings is 1. The zero-order valence-electron chi connectivity index (χ0n) is 11.6. The molecule has 2 saturated heterocycles. The maximum atomic E-state index is 12.0. The molecule has 1 unspecified atom stereocenters. The van der Waals surface area contributed by atoms with Crippen LogP contribution in [0.4, 0.5) is 0 Å². The van der Waals surface area contributed by atoms with Gasteiger partial charge in [-0.05, 0) is 33.5 Å². The van der Waals surface area contributed by atoms with Crippen molar-refractivity contribution in [3.05, 3.63) is 0 Å². The molecule has 0 aromatic rings. The van der Waals surface area contributed by atoms with E-state index in [1.54, 1.807) is 0 Å². The fraction of sp³-hybridized carbons (Fsp3) is 0.923. The smallest absolute Gasteiger partial charge is 0.224 e. The fourth-order valence-electron chi connectivity index (χ4n) is 2.76. The van der Waals surface area contributed by atoms with Gasteiger partial charge in [-0.3, -0.25) is 9.69 Å². The molecule has 0 saturated carbocycles. The molecule has 1 amide bonds. The van der Waals surface area contributed by atoms with Crippen LogP contribution in [0.5, 0.6) is 0 Å². The molecule has 0 spiro atoms. The van der Waals surface area contributed by atoms with Gasteiger partial charge in [0, 0.05) is 38.8 Å². The molecule has 5 heteroatoms. The second-order valence-corrected chi connectivity index (χ2v) is 5.69. The number of hydrogen-bond donors (Lipinski definition) is 2. The topological polar surface area (TPSA) is 47.6 Å². The Hall–Kier alpha value is -0.650. The number of carbonyl (C=O) groups is 1. The SMILES string of the molecule is CN1CCN(C)C(CNC(=O)[C@H]2CCCNC2)C1. The molecule has 2 aliphatic rings. The largest absolute Gasteiger partial charge is 0.354 e. The zero-order chi connectivity index (χ0) is 13.0. The van der Waals surface area contributed by atoms with E-state index in [0.717, 1.165) is 52.1 Å². The number of likely N-dealkylation sites (N-methyl/N-ethyl adjacent to an activating group) is 2. The van der Waals surface area contributed by atoms with Crippen LogP contribution in [-0.4, -0.2) is 75.1 Å². The average Bonchev–Trinajstić information content (AvgIpc) is 2.40. The number of piperidine rings is 1. The van der Waals surface area contributed by atoms with E-state index >= 15 is 0 Å². The lowest BCUT2D eigenvalue weighted by atomic mass is 9.99. The third-order valence-electron chi connectivity index (χ3n) is 4.16. The van der Waals surface area contributed by atoms with E-state index in [4.69, 9.17) is 0 Å². The van der Waals surface area contributed by atoms with Gasteiger partial charge in [0.2, 0.25) is 5.91 Å². The molecule has 2 aliphatic heterocycles. The van der Waals surface area contributed by atoms with Crippen molar-refractivity contribution in [1.29, 1.82) is 0 Å². The monoisotopic (exact) mass is 254 g/mol. The molecule has 0 aromatic carbocycles. The lowest BCUT2D eigenvalue weighted by Crippen LogP contribution is -2.55. The van der Waals surface area contributed by atoms with Crippen LogP contribution in [0.25, 0.3) is 0 Å². The summed E-state index contributed by atoms with van der Waals surface area (Å²) in [5, 5.41) is 6.42. The highest BCUT2D eigenvalue weighted by atomic mass is 16.1. The maximum Gasteiger partial charge on any atom is 0.224 e. The molecular formula is C13H26N4O. The van der Waals surface area contributed by atoms with Gasteiger partial charge in [0.1, 0.15) is 0 Å². The second kappa shape index (κ2) is 6.50. The van der Waals surface area contributed by atoms with Gasteiger partial charge in [-0.1, -0.05) is 0 Å². The van der Waals surface area contributed by atoms with Crippen molar-refractivity contribution in [3.8, 4) is 0 Å². The quantitative estimate of drug-likeness (QED) is 0.702. The van der Waals surface area contributed by atoms with Crippen LogP contribution in [0.2, 0.25) is 0 Å². The molecule has 2 heterocycles. The predicted octanol–water partition coefficient (Wildman–Crippen LogP) is -0.652. The van der Waals surface area contributed by atoms with Crippen molar-refractivity contribution < 1.29 is 4.79 Å². The van der Waals surface area contributed by atoms with Gasteiger partial charge in [0.25, 0.3) is 0 Å². The summed E-state index contributed by atoms with van der Waals surface area (Å²) in [6.07, 6.45) is 2.14. The van der Waals surface area contributed by atoms with Crippen molar-refractivity contribution in [2.24, 2.45) is 5.92 Å². The third-order valence-corrected chi connectivity index (χ3v) is 4.16. The fourth-order valence-corrected chi connectivity index (χ4v) is 2.76. The number of rotatable bonds is 3. The van der Waals surface area contributed by atoms with Crippen LogP contribution < -0.4 is 10.6 Å². The normalized spacial score (nSPS) is 31.2. The van der Waals surface area contributed by atoms with Gasteiger partial charge in [-0.25, -0.2) is 0 Å². The van der Waals surface area contributed by atoms with Gasteiger partial charge < -0.3 is 15.5 Å². The van der Waals surface area contributed by atoms with Gasteiger partial charge >= 0.3 is 0 Å². The summed E-state index contributed by atoms with van der Waals surface area (Å²) in [6.45, 7) is 5.91. The highest BCUT2D eigenvalue weighted by molar-refractivity contribution is 5.79. The highest BCUT2D eigenvalue weighted by Crippen LogP contribution is 2.10. The molecule has 0 aromatic heterocycles. The zero-order valence-corrected chi connectivity index (χ0v) is 11.6. The summed E-state index contributed by atoms with van der Waals surface area (Å²) in [6, 6.07) is 0.448. The maximum absolute atomic E-state index is 12.0. The van der Waals surface area contributed by atoms with Crippen LogP contribution in [0.1, 0.15) is 12.8 Å². The summed E-state index contributed by atoms with van der Waals surface area (Å²) in [5.41, 5.74) is 0. The predicted molar refractivity (Wildman–Crippen MR) is 72.5 cm³/mol. The van der Waals surface area contributed by atoms with Crippen LogP contribution in [-0.2, 0) is 4.79 Å². The minimum Gasteiger partial charge on any atom is -0.354 e. The molecule has 104 valence electrons. The summed E-state index contributed by atoms with van der Waals surface area (Å²) >= 11 is 0. The van der Waals surface area contributed by atoms with Gasteiger partial charge in [0.05, 0.1) is 5.92 Å². The molecule has 18 heavy (non-hydrogen) atoms. The van der Waals surface area contributed by atoms with E-state index in [1.165, 1.54) is 0 Å². The standard InChI is InChI=1S/C13H26N4O/c1-16-6-7-17(2)12(10-16)9-15-13(18)11-4-3-5-14-8-11/h11-12,14H,3-10H2,1-2H3,(H,15,18)/t11-,12?/m0/s1. The molecule has 5 nitrogen and oxygen atoms in total. The minimum atomic E-state index is 0.172. The summed E-state index contributed by atoms with van der Waals surface area (Å²) in [5.74, 6) is 0.397. The number of amides is 1. The van der Waals surface area contributed by atoms with E-state index in [-0.39, 0.29) is 11.8 Å². The van der Waals surface area contributed by atoms with Crippen molar-refractivity contribution in [1.82, 2.24) is 20.4 Å². The Labute approximate surface area is 110 Å². The minimum absolute atomic E-state index is 0.172. The molecule has 2 atom stereocenters. The van der Waals surface area contributed by atoms with E-state index in [1.807, 2.05) is 0 Å². The Bertz CT molecular complexity index is 278. The number of nitrogens with one attached hydrogen (secondary N) is 2. The first kappa shape index (κ1) is 13.8. The van der Waals surface area contributed by atoms with Crippen LogP contribution in [0.15, 0.2) is 0 Å². The summed E-state index contributed by atoms with van der Waals surface area (Å²) < 4.78 is 0. The van der Waals surface area contributed by atoms with Crippen LogP contribution in [0, 0.1) is 5.92 Å². The van der Waals surface area contributed by atoms with Crippen molar-refractivity contribution in [2.45, 2.75) is 18.9 Å². The average molecular weight is 254 g/mol. The number of carbonyl (C=O) groups excluding carboxylic acids is 1. The third kappa shape index (κ3) is 3.67. The lowest BCUT2D eigenvalue weighted by molar-refractivity contribution is -0.125. The molecule has 2 N–H and O–H groups in total. The van der Waals surface area contributed by atoms with E-state index in [2.05, 4.69) is 34.5 Å². The Morgan fingerprint density at radius 3 is 2.94 bits per heavy atom. The van der Waals surface area contributed by atoms with Gasteiger partial charge in [-0.15, -0.1) is 0 Å². The first-order valence-corrected chi connectivity index (χ1v) is 7.04. The van der Waals surface area contributed by atoms with E-state index in [0.29, 0.717) is 6.04 Å². The number of hydrogen-bond acceptors (Lipinski definition) is 4. The van der Waals surface area contributed by atoms with Crippen LogP contribution >= 0.6 is 0 Å². The Morgan fingerprint density at radius 2 is 2.22 bits per heavy atom. The van der Waals surface area contributed by atoms with Crippen molar-refractivity contribution in [2.75, 3.05) is 53.4 Å². The van der Waals surface area contributed by atoms with Crippen LogP contribution in [0.3, 0.4) is 0 Å². The Kier molecular flexibility index (Phi) is 4.97.